The van der Waals surface area contributed by atoms with Crippen molar-refractivity contribution in [3.63, 3.8) is 0 Å². The van der Waals surface area contributed by atoms with Gasteiger partial charge in [-0.05, 0) is 26.0 Å². The maximum Gasteiger partial charge on any atom is 0.269 e. The molecule has 0 aromatic heterocycles. The summed E-state index contributed by atoms with van der Waals surface area (Å²) >= 11 is 0. The highest BCUT2D eigenvalue weighted by molar-refractivity contribution is 5.73. The molecule has 2 aliphatic rings. The van der Waals surface area contributed by atoms with Crippen molar-refractivity contribution in [1.29, 1.82) is 5.26 Å². The zero-order valence-electron chi connectivity index (χ0n) is 18.3. The molecule has 2 saturated heterocycles. The van der Waals surface area contributed by atoms with Crippen LogP contribution in [0.3, 0.4) is 0 Å². The first-order valence-corrected chi connectivity index (χ1v) is 9.76. The lowest BCUT2D eigenvalue weighted by Crippen LogP contribution is -2.75. The van der Waals surface area contributed by atoms with Crippen LogP contribution in [-0.4, -0.2) is 67.3 Å². The molecule has 12 heteroatoms. The van der Waals surface area contributed by atoms with E-state index in [4.69, 9.17) is 28.4 Å². The zero-order chi connectivity index (χ0) is 23.7. The number of nitrogens with one attached hydrogen (secondary N) is 1. The third-order valence-corrected chi connectivity index (χ3v) is 5.67. The molecule has 174 valence electrons. The predicted octanol–water partition coefficient (Wildman–Crippen LogP) is 1.24. The lowest BCUT2D eigenvalue weighted by atomic mass is 9.92. The van der Waals surface area contributed by atoms with Crippen molar-refractivity contribution in [1.82, 2.24) is 5.32 Å². The van der Waals surface area contributed by atoms with Gasteiger partial charge >= 0.3 is 0 Å². The summed E-state index contributed by atoms with van der Waals surface area (Å²) in [4.78, 5) is 22.3. The lowest BCUT2D eigenvalue weighted by molar-refractivity contribution is -0.467. The van der Waals surface area contributed by atoms with Gasteiger partial charge in [-0.3, -0.25) is 14.9 Å². The summed E-state index contributed by atoms with van der Waals surface area (Å²) in [6.45, 7) is 4.53. The second-order valence-electron chi connectivity index (χ2n) is 7.61. The molecule has 0 aliphatic carbocycles. The highest BCUT2D eigenvalue weighted by Crippen LogP contribution is 2.43. The van der Waals surface area contributed by atoms with E-state index in [1.165, 1.54) is 45.4 Å². The number of amides is 1. The first-order chi connectivity index (χ1) is 15.1. The van der Waals surface area contributed by atoms with E-state index in [1.54, 1.807) is 13.8 Å². The molecule has 1 N–H and O–H groups in total. The Morgan fingerprint density at radius 3 is 2.19 bits per heavy atom. The first kappa shape index (κ1) is 23.8. The number of hydrogen-bond donors (Lipinski definition) is 1. The molecule has 0 bridgehead atoms. The number of nitriles is 1. The number of benzene rings is 1. The van der Waals surface area contributed by atoms with E-state index in [9.17, 15) is 20.2 Å². The summed E-state index contributed by atoms with van der Waals surface area (Å²) in [6.07, 6.45) is -4.15. The Bertz CT molecular complexity index is 905. The van der Waals surface area contributed by atoms with Crippen LogP contribution in [0.25, 0.3) is 0 Å². The highest BCUT2D eigenvalue weighted by atomic mass is 16.8. The largest absolute Gasteiger partial charge is 0.463 e. The van der Waals surface area contributed by atoms with Crippen molar-refractivity contribution in [3.8, 4) is 11.8 Å². The van der Waals surface area contributed by atoms with Crippen LogP contribution in [0.4, 0.5) is 5.69 Å². The second-order valence-corrected chi connectivity index (χ2v) is 7.61. The summed E-state index contributed by atoms with van der Waals surface area (Å²) in [5, 5.41) is 23.3. The Kier molecular flexibility index (Phi) is 6.68. The normalized spacial score (nSPS) is 36.4. The second kappa shape index (κ2) is 8.97. The maximum atomic E-state index is 12.0. The molecule has 0 spiro atoms. The fourth-order valence-corrected chi connectivity index (χ4v) is 3.68. The quantitative estimate of drug-likeness (QED) is 0.494. The van der Waals surface area contributed by atoms with Crippen LogP contribution >= 0.6 is 0 Å². The minimum atomic E-state index is -1.39. The standard InChI is InChI=1S/C20H25N3O9/c1-11(24)22-15-17-16(31-19(2,27-4)20(3,28-5)32-17)14(10-21)30-18(15)29-13-8-6-12(7-9-13)23(25)26/h6-9,14-18H,1-5H3,(H,22,24)/t14-,15-,16-,17-,18-,19+,20+/m1/s1. The molecule has 2 aliphatic heterocycles. The van der Waals surface area contributed by atoms with Crippen LogP contribution in [0.5, 0.6) is 5.75 Å². The number of nitro groups is 1. The van der Waals surface area contributed by atoms with E-state index in [2.05, 4.69) is 5.32 Å². The van der Waals surface area contributed by atoms with Gasteiger partial charge in [-0.25, -0.2) is 0 Å². The molecule has 0 saturated carbocycles. The number of hydrogen-bond acceptors (Lipinski definition) is 10. The summed E-state index contributed by atoms with van der Waals surface area (Å²) in [5.74, 6) is -2.93. The molecule has 3 rings (SSSR count). The van der Waals surface area contributed by atoms with Gasteiger partial charge < -0.3 is 33.7 Å². The van der Waals surface area contributed by atoms with Gasteiger partial charge in [0.2, 0.25) is 23.8 Å². The van der Waals surface area contributed by atoms with Crippen LogP contribution in [-0.2, 0) is 28.5 Å². The monoisotopic (exact) mass is 451 g/mol. The van der Waals surface area contributed by atoms with Gasteiger partial charge in [0.15, 0.2) is 6.10 Å². The summed E-state index contributed by atoms with van der Waals surface area (Å²) < 4.78 is 35.0. The Hall–Kier alpha value is -2.82. The Balaban J connectivity index is 1.95. The molecule has 0 radical (unpaired) electrons. The van der Waals surface area contributed by atoms with Gasteiger partial charge in [0.05, 0.1) is 11.0 Å². The van der Waals surface area contributed by atoms with Gasteiger partial charge in [-0.2, -0.15) is 5.26 Å². The SMILES string of the molecule is CO[C@@]1(C)O[C@@H]2[C@@H](NC(C)=O)[C@H](Oc3ccc([N+](=O)[O-])cc3)O[C@H](C#N)[C@H]2O[C@]1(C)OC. The summed E-state index contributed by atoms with van der Waals surface area (Å²) in [6, 6.07) is 6.42. The number of non-ortho nitro benzene ring substituents is 1. The maximum absolute atomic E-state index is 12.0. The molecule has 1 aromatic rings. The molecule has 0 unspecified atom stereocenters. The van der Waals surface area contributed by atoms with E-state index in [0.29, 0.717) is 0 Å². The third kappa shape index (κ3) is 4.25. The predicted molar refractivity (Wildman–Crippen MR) is 106 cm³/mol. The van der Waals surface area contributed by atoms with Crippen molar-refractivity contribution < 1.29 is 38.1 Å². The average molecular weight is 451 g/mol. The van der Waals surface area contributed by atoms with Crippen LogP contribution in [0.15, 0.2) is 24.3 Å². The minimum Gasteiger partial charge on any atom is -0.463 e. The summed E-state index contributed by atoms with van der Waals surface area (Å²) in [5.41, 5.74) is -0.117. The van der Waals surface area contributed by atoms with Gasteiger partial charge in [-0.1, -0.05) is 0 Å². The number of rotatable bonds is 6. The van der Waals surface area contributed by atoms with Crippen molar-refractivity contribution in [2.24, 2.45) is 0 Å². The fraction of sp³-hybridized carbons (Fsp3) is 0.600. The molecule has 1 amide bonds. The average Bonchev–Trinajstić information content (AvgIpc) is 2.76. The highest BCUT2D eigenvalue weighted by Gasteiger charge is 2.63. The molecule has 32 heavy (non-hydrogen) atoms. The van der Waals surface area contributed by atoms with Gasteiger partial charge in [0.1, 0.15) is 24.0 Å². The van der Waals surface area contributed by atoms with E-state index in [1.807, 2.05) is 6.07 Å². The fourth-order valence-electron chi connectivity index (χ4n) is 3.68. The van der Waals surface area contributed by atoms with Crippen molar-refractivity contribution in [2.45, 2.75) is 63.0 Å². The lowest BCUT2D eigenvalue weighted by Gasteiger charge is -2.56. The molecular formula is C20H25N3O9. The van der Waals surface area contributed by atoms with Gasteiger partial charge in [0, 0.05) is 33.3 Å². The van der Waals surface area contributed by atoms with E-state index in [0.717, 1.165) is 0 Å². The van der Waals surface area contributed by atoms with Crippen LogP contribution < -0.4 is 10.1 Å². The van der Waals surface area contributed by atoms with E-state index in [-0.39, 0.29) is 11.4 Å². The molecule has 7 atom stereocenters. The smallest absolute Gasteiger partial charge is 0.269 e. The minimum absolute atomic E-state index is 0.117. The van der Waals surface area contributed by atoms with E-state index >= 15 is 0 Å². The zero-order valence-corrected chi connectivity index (χ0v) is 18.3. The number of carbonyl (C=O) groups excluding carboxylic acids is 1. The third-order valence-electron chi connectivity index (χ3n) is 5.67. The summed E-state index contributed by atoms with van der Waals surface area (Å²) in [7, 11) is 2.83. The molecule has 1 aromatic carbocycles. The molecular weight excluding hydrogens is 426 g/mol. The Labute approximate surface area is 184 Å². The number of ether oxygens (including phenoxy) is 6. The Morgan fingerprint density at radius 2 is 1.72 bits per heavy atom. The van der Waals surface area contributed by atoms with E-state index < -0.39 is 53.0 Å². The van der Waals surface area contributed by atoms with Crippen LogP contribution in [0.1, 0.15) is 20.8 Å². The number of methoxy groups -OCH3 is 2. The van der Waals surface area contributed by atoms with Gasteiger partial charge in [-0.15, -0.1) is 0 Å². The Morgan fingerprint density at radius 1 is 1.16 bits per heavy atom. The molecule has 2 fully saturated rings. The van der Waals surface area contributed by atoms with Crippen molar-refractivity contribution >= 4 is 11.6 Å². The topological polar surface area (TPSA) is 151 Å². The van der Waals surface area contributed by atoms with Crippen LogP contribution in [0.2, 0.25) is 0 Å². The number of nitro benzene ring substituents is 1. The number of carbonyl (C=O) groups is 1. The van der Waals surface area contributed by atoms with Crippen molar-refractivity contribution in [2.75, 3.05) is 14.2 Å². The molecule has 2 heterocycles. The number of nitrogens with zero attached hydrogens (tertiary/aromatic N) is 2. The molecule has 12 nitrogen and oxygen atoms in total. The van der Waals surface area contributed by atoms with Crippen molar-refractivity contribution in [3.05, 3.63) is 34.4 Å². The first-order valence-electron chi connectivity index (χ1n) is 9.76. The van der Waals surface area contributed by atoms with Crippen LogP contribution in [0, 0.1) is 21.4 Å². The number of fused-ring (bicyclic) bond motifs is 1. The van der Waals surface area contributed by atoms with Gasteiger partial charge in [0.25, 0.3) is 5.69 Å².